The van der Waals surface area contributed by atoms with Crippen LogP contribution in [0.1, 0.15) is 66.2 Å². The lowest BCUT2D eigenvalue weighted by molar-refractivity contribution is 0.0513. The van der Waals surface area contributed by atoms with Crippen LogP contribution in [0.15, 0.2) is 0 Å². The van der Waals surface area contributed by atoms with Gasteiger partial charge in [-0.2, -0.15) is 0 Å². The highest BCUT2D eigenvalue weighted by atomic mass is 16.6. The molecule has 0 aliphatic heterocycles. The fourth-order valence-electron chi connectivity index (χ4n) is 3.15. The van der Waals surface area contributed by atoms with Crippen LogP contribution in [0.4, 0.5) is 4.79 Å². The molecule has 1 fully saturated rings. The van der Waals surface area contributed by atoms with Crippen molar-refractivity contribution in [2.24, 2.45) is 5.92 Å². The van der Waals surface area contributed by atoms with Crippen molar-refractivity contribution in [3.05, 3.63) is 0 Å². The Balaban J connectivity index is 2.51. The smallest absolute Gasteiger partial charge is 0.407 e. The van der Waals surface area contributed by atoms with Crippen molar-refractivity contribution in [3.63, 3.8) is 0 Å². The number of carbonyl (C=O) groups excluding carboxylic acids is 1. The summed E-state index contributed by atoms with van der Waals surface area (Å²) in [5.41, 5.74) is -0.455. The van der Waals surface area contributed by atoms with Gasteiger partial charge in [-0.25, -0.2) is 4.79 Å². The second kappa shape index (κ2) is 10.1. The highest BCUT2D eigenvalue weighted by Crippen LogP contribution is 2.26. The van der Waals surface area contributed by atoms with E-state index in [1.54, 1.807) is 7.11 Å². The van der Waals surface area contributed by atoms with Gasteiger partial charge in [0.25, 0.3) is 0 Å². The molecule has 1 saturated carbocycles. The largest absolute Gasteiger partial charge is 0.444 e. The van der Waals surface area contributed by atoms with Crippen LogP contribution >= 0.6 is 0 Å². The van der Waals surface area contributed by atoms with Crippen LogP contribution in [0, 0.1) is 5.92 Å². The monoisotopic (exact) mass is 328 g/mol. The van der Waals surface area contributed by atoms with Crippen molar-refractivity contribution in [3.8, 4) is 0 Å². The first-order valence-corrected chi connectivity index (χ1v) is 9.03. The number of methoxy groups -OCH3 is 1. The molecule has 23 heavy (non-hydrogen) atoms. The second-order valence-corrected chi connectivity index (χ2v) is 7.74. The average molecular weight is 328 g/mol. The SMILES string of the molecule is COCCC(C)NC(CNC(=O)OC(C)(C)C)C1CCCCC1. The van der Waals surface area contributed by atoms with E-state index >= 15 is 0 Å². The Morgan fingerprint density at radius 1 is 1.22 bits per heavy atom. The lowest BCUT2D eigenvalue weighted by atomic mass is 9.83. The van der Waals surface area contributed by atoms with Gasteiger partial charge in [0.1, 0.15) is 5.60 Å². The molecule has 0 radical (unpaired) electrons. The molecule has 1 amide bonds. The third kappa shape index (κ3) is 9.16. The fraction of sp³-hybridized carbons (Fsp3) is 0.944. The first-order valence-electron chi connectivity index (χ1n) is 9.03. The third-order valence-corrected chi connectivity index (χ3v) is 4.34. The molecule has 5 nitrogen and oxygen atoms in total. The van der Waals surface area contributed by atoms with Gasteiger partial charge in [-0.15, -0.1) is 0 Å². The minimum atomic E-state index is -0.455. The van der Waals surface area contributed by atoms with Gasteiger partial charge in [0.05, 0.1) is 0 Å². The summed E-state index contributed by atoms with van der Waals surface area (Å²) in [6, 6.07) is 0.678. The molecule has 1 rings (SSSR count). The van der Waals surface area contributed by atoms with E-state index in [0.717, 1.165) is 13.0 Å². The predicted octanol–water partition coefficient (Wildman–Crippen LogP) is 3.47. The van der Waals surface area contributed by atoms with Gasteiger partial charge in [0, 0.05) is 32.3 Å². The highest BCUT2D eigenvalue weighted by molar-refractivity contribution is 5.67. The zero-order chi connectivity index (χ0) is 17.3. The zero-order valence-corrected chi connectivity index (χ0v) is 15.6. The van der Waals surface area contributed by atoms with Gasteiger partial charge in [-0.3, -0.25) is 0 Å². The quantitative estimate of drug-likeness (QED) is 0.716. The van der Waals surface area contributed by atoms with E-state index in [1.807, 2.05) is 20.8 Å². The summed E-state index contributed by atoms with van der Waals surface area (Å²) >= 11 is 0. The number of rotatable bonds is 8. The van der Waals surface area contributed by atoms with E-state index in [-0.39, 0.29) is 6.09 Å². The van der Waals surface area contributed by atoms with Gasteiger partial charge in [-0.1, -0.05) is 19.3 Å². The summed E-state index contributed by atoms with van der Waals surface area (Å²) in [6.45, 7) is 9.22. The summed E-state index contributed by atoms with van der Waals surface area (Å²) in [4.78, 5) is 11.9. The molecule has 2 atom stereocenters. The molecule has 0 bridgehead atoms. The molecular formula is C18H36N2O3. The Morgan fingerprint density at radius 3 is 2.43 bits per heavy atom. The standard InChI is InChI=1S/C18H36N2O3/c1-14(11-12-22-5)20-16(15-9-7-6-8-10-15)13-19-17(21)23-18(2,3)4/h14-16,20H,6-13H2,1-5H3,(H,19,21). The maximum absolute atomic E-state index is 11.9. The first kappa shape index (κ1) is 20.2. The van der Waals surface area contributed by atoms with E-state index in [0.29, 0.717) is 24.5 Å². The third-order valence-electron chi connectivity index (χ3n) is 4.34. The molecule has 5 heteroatoms. The summed E-state index contributed by atoms with van der Waals surface area (Å²) < 4.78 is 10.5. The van der Waals surface area contributed by atoms with Crippen LogP contribution in [-0.4, -0.2) is 44.0 Å². The Hall–Kier alpha value is -0.810. The van der Waals surface area contributed by atoms with Gasteiger partial charge in [-0.05, 0) is 52.9 Å². The molecule has 2 N–H and O–H groups in total. The number of carbonyl (C=O) groups is 1. The molecule has 0 aromatic heterocycles. The molecule has 1 aliphatic rings. The molecule has 0 saturated heterocycles. The van der Waals surface area contributed by atoms with E-state index in [1.165, 1.54) is 32.1 Å². The molecule has 0 aromatic carbocycles. The van der Waals surface area contributed by atoms with Crippen LogP contribution in [0.5, 0.6) is 0 Å². The minimum absolute atomic E-state index is 0.301. The van der Waals surface area contributed by atoms with Gasteiger partial charge < -0.3 is 20.1 Å². The summed E-state index contributed by atoms with van der Waals surface area (Å²) in [7, 11) is 1.73. The van der Waals surface area contributed by atoms with Crippen molar-refractivity contribution < 1.29 is 14.3 Å². The highest BCUT2D eigenvalue weighted by Gasteiger charge is 2.26. The van der Waals surface area contributed by atoms with Crippen molar-refractivity contribution in [1.82, 2.24) is 10.6 Å². The van der Waals surface area contributed by atoms with Crippen LogP contribution in [0.25, 0.3) is 0 Å². The normalized spacial score (nSPS) is 19.2. The average Bonchev–Trinajstić information content (AvgIpc) is 2.48. The van der Waals surface area contributed by atoms with Crippen LogP contribution in [-0.2, 0) is 9.47 Å². The maximum atomic E-state index is 11.9. The number of hydrogen-bond donors (Lipinski definition) is 2. The molecule has 0 heterocycles. The number of alkyl carbamates (subject to hydrolysis) is 1. The van der Waals surface area contributed by atoms with Crippen LogP contribution < -0.4 is 10.6 Å². The molecule has 0 spiro atoms. The Labute approximate surface area is 141 Å². The van der Waals surface area contributed by atoms with E-state index < -0.39 is 5.60 Å². The number of nitrogens with one attached hydrogen (secondary N) is 2. The van der Waals surface area contributed by atoms with Crippen LogP contribution in [0.2, 0.25) is 0 Å². The van der Waals surface area contributed by atoms with Gasteiger partial charge in [0.15, 0.2) is 0 Å². The maximum Gasteiger partial charge on any atom is 0.407 e. The topological polar surface area (TPSA) is 59.6 Å². The molecule has 2 unspecified atom stereocenters. The Kier molecular flexibility index (Phi) is 8.92. The molecule has 1 aliphatic carbocycles. The zero-order valence-electron chi connectivity index (χ0n) is 15.6. The number of hydrogen-bond acceptors (Lipinski definition) is 4. The predicted molar refractivity (Wildman–Crippen MR) is 93.7 cm³/mol. The van der Waals surface area contributed by atoms with E-state index in [4.69, 9.17) is 9.47 Å². The minimum Gasteiger partial charge on any atom is -0.444 e. The lowest BCUT2D eigenvalue weighted by Gasteiger charge is -2.33. The molecule has 136 valence electrons. The number of amides is 1. The lowest BCUT2D eigenvalue weighted by Crippen LogP contribution is -2.50. The van der Waals surface area contributed by atoms with Gasteiger partial charge >= 0.3 is 6.09 Å². The Bertz CT molecular complexity index is 336. The van der Waals surface area contributed by atoms with Gasteiger partial charge in [0.2, 0.25) is 0 Å². The Morgan fingerprint density at radius 2 is 1.87 bits per heavy atom. The summed E-state index contributed by atoms with van der Waals surface area (Å²) in [5.74, 6) is 0.628. The summed E-state index contributed by atoms with van der Waals surface area (Å²) in [6.07, 6.45) is 7.05. The number of ether oxygens (including phenoxy) is 2. The van der Waals surface area contributed by atoms with Crippen molar-refractivity contribution in [1.29, 1.82) is 0 Å². The van der Waals surface area contributed by atoms with Crippen molar-refractivity contribution in [2.45, 2.75) is 83.9 Å². The first-order chi connectivity index (χ1) is 10.8. The second-order valence-electron chi connectivity index (χ2n) is 7.74. The molecule has 0 aromatic rings. The van der Waals surface area contributed by atoms with Crippen LogP contribution in [0.3, 0.4) is 0 Å². The summed E-state index contributed by atoms with van der Waals surface area (Å²) in [5, 5.41) is 6.63. The van der Waals surface area contributed by atoms with E-state index in [2.05, 4.69) is 17.6 Å². The van der Waals surface area contributed by atoms with Crippen molar-refractivity contribution >= 4 is 6.09 Å². The van der Waals surface area contributed by atoms with Crippen molar-refractivity contribution in [2.75, 3.05) is 20.3 Å². The molecular weight excluding hydrogens is 292 g/mol. The fourth-order valence-corrected chi connectivity index (χ4v) is 3.15. The van der Waals surface area contributed by atoms with E-state index in [9.17, 15) is 4.79 Å².